The number of nitriles is 2. The summed E-state index contributed by atoms with van der Waals surface area (Å²) in [6, 6.07) is 4.86. The van der Waals surface area contributed by atoms with E-state index in [-0.39, 0.29) is 76.2 Å². The Morgan fingerprint density at radius 1 is 0.288 bits per heavy atom. The molecule has 14 nitrogen and oxygen atoms in total. The molecule has 0 saturated heterocycles. The van der Waals surface area contributed by atoms with Gasteiger partial charge in [0.25, 0.3) is 0 Å². The third-order valence-corrected chi connectivity index (χ3v) is 54.7. The second-order valence-corrected chi connectivity index (χ2v) is 60.4. The molecule has 0 amide bonds. The molecule has 20 saturated carbocycles. The first-order valence-corrected chi connectivity index (χ1v) is 63.1. The van der Waals surface area contributed by atoms with Crippen LogP contribution in [0.25, 0.3) is 0 Å². The zero-order valence-electron chi connectivity index (χ0n) is 97.3. The smallest absolute Gasteiger partial charge is 0.303 e. The van der Waals surface area contributed by atoms with Crippen molar-refractivity contribution in [1.29, 1.82) is 10.5 Å². The number of aliphatic hydroxyl groups is 4. The van der Waals surface area contributed by atoms with Gasteiger partial charge in [0, 0.05) is 55.8 Å². The van der Waals surface area contributed by atoms with Gasteiger partial charge in [-0.3, -0.25) is 24.0 Å². The summed E-state index contributed by atoms with van der Waals surface area (Å²) in [5.41, 5.74) is 3.16. The SMILES string of the molecule is CC[C@H]1C(=O)C2C3CC[C@H]([C@H](C)CC#N)[C@@]3(C)CCC2[C@@]2(C)CC[C@@H](C)C[C@@H]12.CC[C@H]1C(=O)C2C3CC[C@H]([C@H](C)CCC(=O)O)[C@@]3(C)CCC2[C@@]2(C)CC[C@@H](C)C[C@@H]12.CC[C@H]1[C@@H](O)C2C3CC[C@H]([C@H](C)CC#N)[C@@]3(C)CCC2[C@@]2(C)CC[C@@H](C)C[C@@H]12.CC[C@H]1[C@@H](O)C2C3CC[C@H]([C@H](C)CCC(=O)O)[C@@]3(C)CCC2[C@@]2(C)CC[C@@H](C)C[C@@H]12.CC[C@H]1[C@@H](O)C2C3CC[C@H]([C@H](C)CCC(=O)O)[C@@]3(C)CCC2[C@@]2(C)CC[C@@H](O)C[C@@H]12. The molecule has 0 heterocycles. The highest BCUT2D eigenvalue weighted by atomic mass is 16.4. The van der Waals surface area contributed by atoms with E-state index in [0.29, 0.717) is 247 Å². The molecule has 0 aromatic rings. The molecule has 20 aliphatic rings. The van der Waals surface area contributed by atoms with Crippen LogP contribution >= 0.6 is 0 Å². The van der Waals surface area contributed by atoms with Gasteiger partial charge >= 0.3 is 17.9 Å². The number of carboxylic acids is 3. The zero-order valence-corrected chi connectivity index (χ0v) is 97.3. The van der Waals surface area contributed by atoms with Gasteiger partial charge in [-0.2, -0.15) is 10.5 Å². The van der Waals surface area contributed by atoms with Crippen molar-refractivity contribution in [2.24, 2.45) is 285 Å². The lowest BCUT2D eigenvalue weighted by Gasteiger charge is -2.65. The molecule has 0 spiro atoms. The first-order valence-electron chi connectivity index (χ1n) is 63.1. The van der Waals surface area contributed by atoms with Crippen LogP contribution in [0.15, 0.2) is 0 Å². The average Bonchev–Trinajstić information content (AvgIpc) is 0.966. The minimum atomic E-state index is -0.683. The summed E-state index contributed by atoms with van der Waals surface area (Å²) < 4.78 is 0. The van der Waals surface area contributed by atoms with E-state index in [4.69, 9.17) is 10.2 Å². The predicted octanol–water partition coefficient (Wildman–Crippen LogP) is 31.2. The molecule has 0 aromatic heterocycles. The fraction of sp³-hybridized carbons (Fsp3) is 0.947. The number of carboxylic acid groups (broad SMARTS) is 3. The van der Waals surface area contributed by atoms with Crippen LogP contribution in [0, 0.1) is 308 Å². The van der Waals surface area contributed by atoms with E-state index < -0.39 is 17.9 Å². The minimum Gasteiger partial charge on any atom is -0.481 e. The maximum atomic E-state index is 14.0. The van der Waals surface area contributed by atoms with Crippen molar-refractivity contribution in [3.05, 3.63) is 0 Å². The van der Waals surface area contributed by atoms with Crippen molar-refractivity contribution in [1.82, 2.24) is 0 Å². The van der Waals surface area contributed by atoms with E-state index in [1.807, 2.05) is 0 Å². The van der Waals surface area contributed by atoms with Crippen molar-refractivity contribution >= 4 is 29.5 Å². The highest BCUT2D eigenvalue weighted by Gasteiger charge is 2.73. The van der Waals surface area contributed by atoms with E-state index in [0.717, 1.165) is 100 Å². The molecular weight excluding hydrogens is 1810 g/mol. The van der Waals surface area contributed by atoms with Gasteiger partial charge in [0.15, 0.2) is 0 Å². The van der Waals surface area contributed by atoms with Crippen LogP contribution in [0.5, 0.6) is 0 Å². The summed E-state index contributed by atoms with van der Waals surface area (Å²) in [6.07, 6.45) is 52.8. The number of aliphatic hydroxyl groups excluding tert-OH is 4. The summed E-state index contributed by atoms with van der Waals surface area (Å²) >= 11 is 0. The minimum absolute atomic E-state index is 0.104. The molecule has 0 aliphatic heterocycles. The molecule has 0 bridgehead atoms. The Labute approximate surface area is 890 Å². The molecule has 20 aliphatic carbocycles. The monoisotopic (exact) mass is 2020 g/mol. The van der Waals surface area contributed by atoms with Crippen molar-refractivity contribution in [3.8, 4) is 12.1 Å². The molecule has 146 heavy (non-hydrogen) atoms. The highest BCUT2D eigenvalue weighted by molar-refractivity contribution is 5.87. The molecule has 20 rings (SSSR count). The van der Waals surface area contributed by atoms with E-state index in [2.05, 4.69) is 178 Å². The van der Waals surface area contributed by atoms with E-state index >= 15 is 0 Å². The Kier molecular flexibility index (Phi) is 35.1. The fourth-order valence-corrected chi connectivity index (χ4v) is 47.1. The molecule has 0 radical (unpaired) electrons. The average molecular weight is 2030 g/mol. The van der Waals surface area contributed by atoms with E-state index in [1.54, 1.807) is 0 Å². The second kappa shape index (κ2) is 44.6. The number of rotatable bonds is 21. The van der Waals surface area contributed by atoms with Crippen molar-refractivity contribution in [3.63, 3.8) is 0 Å². The number of carbonyl (C=O) groups is 5. The quantitative estimate of drug-likeness (QED) is 0.0563. The van der Waals surface area contributed by atoms with Gasteiger partial charge < -0.3 is 35.7 Å². The number of hydrogen-bond acceptors (Lipinski definition) is 11. The first kappa shape index (κ1) is 115. The van der Waals surface area contributed by atoms with Crippen LogP contribution in [-0.2, 0) is 24.0 Å². The third-order valence-electron chi connectivity index (χ3n) is 54.7. The summed E-state index contributed by atoms with van der Waals surface area (Å²) in [7, 11) is 0. The largest absolute Gasteiger partial charge is 0.481 e. The Balaban J connectivity index is 0.000000131. The summed E-state index contributed by atoms with van der Waals surface area (Å²) in [6.45, 7) is 57.7. The molecule has 14 heteroatoms. The lowest BCUT2D eigenvalue weighted by Crippen LogP contribution is -2.62. The van der Waals surface area contributed by atoms with Crippen LogP contribution in [-0.4, -0.2) is 89.6 Å². The van der Waals surface area contributed by atoms with Gasteiger partial charge in [-0.25, -0.2) is 0 Å². The molecular formula is C132H218N2O12. The molecule has 53 atom stereocenters. The van der Waals surface area contributed by atoms with Gasteiger partial charge in [0.2, 0.25) is 0 Å². The Morgan fingerprint density at radius 3 is 0.774 bits per heavy atom. The van der Waals surface area contributed by atoms with Gasteiger partial charge in [0.05, 0.1) is 36.6 Å². The lowest BCUT2D eigenvalue weighted by molar-refractivity contribution is -0.203. The molecule has 828 valence electrons. The fourth-order valence-electron chi connectivity index (χ4n) is 47.1. The number of ketones is 2. The molecule has 15 unspecified atom stereocenters. The predicted molar refractivity (Wildman–Crippen MR) is 586 cm³/mol. The van der Waals surface area contributed by atoms with Gasteiger partial charge in [-0.15, -0.1) is 0 Å². The topological polar surface area (TPSA) is 275 Å². The van der Waals surface area contributed by atoms with E-state index in [9.17, 15) is 60.0 Å². The third kappa shape index (κ3) is 19.7. The van der Waals surface area contributed by atoms with Crippen LogP contribution in [0.4, 0.5) is 0 Å². The maximum Gasteiger partial charge on any atom is 0.303 e. The number of aliphatic carboxylic acids is 3. The van der Waals surface area contributed by atoms with Crippen LogP contribution in [0.1, 0.15) is 474 Å². The number of Topliss-reactive ketones (excluding diaryl/α,β-unsaturated/α-hetero) is 2. The summed E-state index contributed by atoms with van der Waals surface area (Å²) in [4.78, 5) is 61.3. The highest BCUT2D eigenvalue weighted by Crippen LogP contribution is 2.78. The Bertz CT molecular complexity index is 4460. The summed E-state index contributed by atoms with van der Waals surface area (Å²) in [5.74, 6) is 20.7. The van der Waals surface area contributed by atoms with Crippen molar-refractivity contribution in [2.45, 2.75) is 499 Å². The van der Waals surface area contributed by atoms with Gasteiger partial charge in [-0.1, -0.05) is 211 Å². The van der Waals surface area contributed by atoms with Gasteiger partial charge in [-0.05, 0) is 492 Å². The summed E-state index contributed by atoms with van der Waals surface area (Å²) in [5, 5.41) is 91.7. The van der Waals surface area contributed by atoms with E-state index in [1.165, 1.54) is 205 Å². The lowest BCUT2D eigenvalue weighted by atomic mass is 9.41. The standard InChI is InChI=1S/C27H46O3.C27H44O3.C26H43NO.C26H41NO.C26H44O4/c2*1-6-18-22-15-16(2)11-13-27(22,5)21-12-14-26(4)19(17(3)7-10-23(28)29)8-9-20(26)24(21)25(18)30;2*1-6-18-22-15-16(2)9-12-26(22,5)21-10-13-25(4)19(17(3)11-14-27)7-8-20(25)23(21)24(18)28;1-5-17-21-14-16(27)10-12-26(21,4)20-11-13-25(3)18(15(2)6-9-22(28)29)7-8-19(25)23(20)24(17)30/h16-22,24-25,30H,6-15H2,1-5H3,(H,28,29);16-22,24H,6-15H2,1-5H3,(H,28,29);16-24,28H,6-13,15H2,1-5H3;16-23H,6-13,15H2,1-5H3;15-21,23-24,27,30H,5-14H2,1-4H3,(H,28,29)/t16-,17-,18-,19-,20?,21?,22+,24?,25-,26-,27-;16-,17-,18-,19-,20?,21?,22+,24?,26-,27-;16-,17-,18-,19-,20?,21?,22+,23?,24-,25-,26-;16-,17-,18-,19-,20?,21?,22+,23?,25-,26-;15-,16-,17-,18-,19?,20?,21+,23?,24-,25-,26-/m11111/s1. The molecule has 0 aromatic carbocycles. The Hall–Kier alpha value is -3.43. The molecule has 20 fully saturated rings. The second-order valence-electron chi connectivity index (χ2n) is 60.4. The number of hydrogen-bond donors (Lipinski definition) is 7. The van der Waals surface area contributed by atoms with Crippen molar-refractivity contribution in [2.75, 3.05) is 0 Å². The van der Waals surface area contributed by atoms with Crippen LogP contribution < -0.4 is 0 Å². The number of nitrogens with zero attached hydrogens (tertiary/aromatic N) is 2. The van der Waals surface area contributed by atoms with Crippen molar-refractivity contribution < 1.29 is 59.7 Å². The van der Waals surface area contributed by atoms with Crippen LogP contribution in [0.2, 0.25) is 0 Å². The maximum absolute atomic E-state index is 14.0. The Morgan fingerprint density at radius 2 is 0.507 bits per heavy atom. The van der Waals surface area contributed by atoms with Crippen LogP contribution in [0.3, 0.4) is 0 Å². The van der Waals surface area contributed by atoms with Gasteiger partial charge in [0.1, 0.15) is 11.6 Å². The molecule has 7 N–H and O–H groups in total. The first-order chi connectivity index (χ1) is 68.9. The number of carbonyl (C=O) groups excluding carboxylic acids is 2. The normalized spacial score (nSPS) is 51.5. The zero-order chi connectivity index (χ0) is 106. The number of fused-ring (bicyclic) bond motifs is 25.